The van der Waals surface area contributed by atoms with Crippen LogP contribution in [0.4, 0.5) is 11.5 Å². The second-order valence-electron chi connectivity index (χ2n) is 11.4. The number of hydrogen-bond donors (Lipinski definition) is 4. The van der Waals surface area contributed by atoms with E-state index in [0.29, 0.717) is 43.2 Å². The van der Waals surface area contributed by atoms with Crippen molar-refractivity contribution in [1.29, 1.82) is 0 Å². The van der Waals surface area contributed by atoms with E-state index in [4.69, 9.17) is 10.5 Å². The summed E-state index contributed by atoms with van der Waals surface area (Å²) in [5, 5.41) is 8.73. The van der Waals surface area contributed by atoms with Gasteiger partial charge in [-0.25, -0.2) is 4.98 Å². The maximum Gasteiger partial charge on any atom is 0.271 e. The zero-order valence-corrected chi connectivity index (χ0v) is 27.7. The first-order valence-corrected chi connectivity index (χ1v) is 16.9. The summed E-state index contributed by atoms with van der Waals surface area (Å²) >= 11 is 0. The number of anilines is 2. The highest BCUT2D eigenvalue weighted by Crippen LogP contribution is 2.18. The van der Waals surface area contributed by atoms with Crippen LogP contribution in [-0.4, -0.2) is 54.5 Å². The number of pyridine rings is 1. The first kappa shape index (κ1) is 38.0. The molecule has 0 aliphatic rings. The number of benzene rings is 1. The molecule has 1 aromatic carbocycles. The normalized spacial score (nSPS) is 11.3. The van der Waals surface area contributed by atoms with Crippen molar-refractivity contribution >= 4 is 35.1 Å². The summed E-state index contributed by atoms with van der Waals surface area (Å²) in [5.41, 5.74) is 5.75. The molecule has 46 heavy (non-hydrogen) atoms. The van der Waals surface area contributed by atoms with Crippen molar-refractivity contribution in [1.82, 2.24) is 15.6 Å². The Morgan fingerprint density at radius 1 is 0.804 bits per heavy atom. The Kier molecular flexibility index (Phi) is 19.2. The lowest BCUT2D eigenvalue weighted by Gasteiger charge is -2.27. The van der Waals surface area contributed by atoms with Crippen molar-refractivity contribution in [3.05, 3.63) is 48.7 Å². The van der Waals surface area contributed by atoms with Crippen LogP contribution in [0, 0.1) is 0 Å². The number of nitrogens with two attached hydrogens (primary N) is 1. The number of nitrogens with one attached hydrogen (secondary N) is 3. The van der Waals surface area contributed by atoms with E-state index in [9.17, 15) is 19.2 Å². The summed E-state index contributed by atoms with van der Waals surface area (Å²) in [6.07, 6.45) is 13.9. The molecule has 2 aromatic rings. The van der Waals surface area contributed by atoms with Crippen LogP contribution in [0.2, 0.25) is 0 Å². The Morgan fingerprint density at radius 3 is 2.09 bits per heavy atom. The van der Waals surface area contributed by atoms with Gasteiger partial charge in [-0.1, -0.05) is 70.8 Å². The molecule has 0 saturated carbocycles. The quantitative estimate of drug-likeness (QED) is 0.0832. The minimum absolute atomic E-state index is 0.0412. The van der Waals surface area contributed by atoms with Crippen molar-refractivity contribution in [3.8, 4) is 5.75 Å². The molecule has 5 N–H and O–H groups in total. The molecule has 11 nitrogen and oxygen atoms in total. The van der Waals surface area contributed by atoms with Gasteiger partial charge in [0, 0.05) is 44.2 Å². The number of nitrogens with zero attached hydrogens (tertiary/aromatic N) is 2. The molecule has 254 valence electrons. The van der Waals surface area contributed by atoms with Crippen LogP contribution in [0.5, 0.6) is 5.75 Å². The van der Waals surface area contributed by atoms with Gasteiger partial charge in [-0.05, 0) is 56.2 Å². The monoisotopic (exact) mass is 638 g/mol. The van der Waals surface area contributed by atoms with Gasteiger partial charge in [0.2, 0.25) is 17.7 Å². The lowest BCUT2D eigenvalue weighted by atomic mass is 10.1. The number of carbonyl (C=O) groups is 4. The van der Waals surface area contributed by atoms with Crippen LogP contribution >= 0.6 is 0 Å². The number of unbranched alkanes of at least 4 members (excludes halogenated alkanes) is 9. The predicted molar refractivity (Wildman–Crippen MR) is 182 cm³/mol. The van der Waals surface area contributed by atoms with Crippen LogP contribution in [0.3, 0.4) is 0 Å². The molecule has 0 radical (unpaired) electrons. The number of amides is 4. The van der Waals surface area contributed by atoms with Gasteiger partial charge >= 0.3 is 0 Å². The van der Waals surface area contributed by atoms with E-state index < -0.39 is 23.9 Å². The molecule has 0 spiro atoms. The summed E-state index contributed by atoms with van der Waals surface area (Å²) in [6, 6.07) is 12.2. The average Bonchev–Trinajstić information content (AvgIpc) is 3.06. The molecular formula is C35H54N6O5. The molecule has 2 rings (SSSR count). The third-order valence-electron chi connectivity index (χ3n) is 7.49. The molecule has 0 bridgehead atoms. The summed E-state index contributed by atoms with van der Waals surface area (Å²) in [7, 11) is 0. The Hall–Kier alpha value is -4.15. The van der Waals surface area contributed by atoms with E-state index in [1.807, 2.05) is 6.92 Å². The molecule has 4 amide bonds. The first-order valence-electron chi connectivity index (χ1n) is 16.9. The Labute approximate surface area is 274 Å². The zero-order chi connectivity index (χ0) is 33.4. The lowest BCUT2D eigenvalue weighted by Crippen LogP contribution is -2.53. The fourth-order valence-electron chi connectivity index (χ4n) is 4.89. The Balaban J connectivity index is 1.75. The minimum Gasteiger partial charge on any atom is -0.494 e. The van der Waals surface area contributed by atoms with E-state index in [0.717, 1.165) is 19.4 Å². The SMILES string of the molecule is CCCCCCCCCCCCNC(=O)CCCOc1ccc(NC(NC(=O)CCC(N)=O)C(=O)N(CC)c2ccccn2)cc1. The second kappa shape index (κ2) is 23.2. The molecule has 0 aliphatic carbocycles. The van der Waals surface area contributed by atoms with Crippen molar-refractivity contribution in [3.63, 3.8) is 0 Å². The van der Waals surface area contributed by atoms with Crippen molar-refractivity contribution in [2.75, 3.05) is 29.9 Å². The second-order valence-corrected chi connectivity index (χ2v) is 11.4. The fourth-order valence-corrected chi connectivity index (χ4v) is 4.89. The van der Waals surface area contributed by atoms with Crippen LogP contribution in [0.1, 0.15) is 104 Å². The van der Waals surface area contributed by atoms with E-state index in [1.165, 1.54) is 56.3 Å². The van der Waals surface area contributed by atoms with Gasteiger partial charge in [0.05, 0.1) is 6.61 Å². The highest BCUT2D eigenvalue weighted by Gasteiger charge is 2.27. The number of ether oxygens (including phenoxy) is 1. The summed E-state index contributed by atoms with van der Waals surface area (Å²) in [4.78, 5) is 55.0. The van der Waals surface area contributed by atoms with E-state index in [-0.39, 0.29) is 18.7 Å². The zero-order valence-electron chi connectivity index (χ0n) is 27.7. The number of carbonyl (C=O) groups excluding carboxylic acids is 4. The highest BCUT2D eigenvalue weighted by molar-refractivity contribution is 6.00. The number of rotatable bonds is 25. The van der Waals surface area contributed by atoms with Crippen LogP contribution < -0.4 is 31.3 Å². The van der Waals surface area contributed by atoms with Gasteiger partial charge < -0.3 is 26.4 Å². The van der Waals surface area contributed by atoms with Crippen molar-refractivity contribution in [2.45, 2.75) is 110 Å². The smallest absolute Gasteiger partial charge is 0.271 e. The van der Waals surface area contributed by atoms with Gasteiger partial charge in [0.25, 0.3) is 5.91 Å². The Bertz CT molecular complexity index is 1160. The average molecular weight is 639 g/mol. The summed E-state index contributed by atoms with van der Waals surface area (Å²) in [5.74, 6) is -0.401. The Morgan fingerprint density at radius 2 is 1.48 bits per heavy atom. The van der Waals surface area contributed by atoms with Crippen LogP contribution in [-0.2, 0) is 19.2 Å². The number of hydrogen-bond acceptors (Lipinski definition) is 7. The standard InChI is InChI=1S/C35H54N6O5/c1-3-5-6-7-8-9-10-11-12-14-26-38-32(43)18-16-27-46-29-21-19-28(20-22-29)39-34(40-33(44)24-23-30(36)42)35(45)41(4-2)31-17-13-15-25-37-31/h13,15,17,19-22,25,34,39H,3-12,14,16,18,23-24,26-27H2,1-2H3,(H2,36,42)(H,38,43)(H,40,44). The fraction of sp³-hybridized carbons (Fsp3) is 0.571. The molecule has 0 aliphatic heterocycles. The van der Waals surface area contributed by atoms with E-state index in [1.54, 1.807) is 48.7 Å². The van der Waals surface area contributed by atoms with Crippen molar-refractivity contribution in [2.24, 2.45) is 5.73 Å². The highest BCUT2D eigenvalue weighted by atomic mass is 16.5. The molecule has 0 fully saturated rings. The molecule has 1 aromatic heterocycles. The maximum absolute atomic E-state index is 13.5. The maximum atomic E-state index is 13.5. The van der Waals surface area contributed by atoms with E-state index in [2.05, 4.69) is 27.9 Å². The van der Waals surface area contributed by atoms with E-state index >= 15 is 0 Å². The molecule has 11 heteroatoms. The van der Waals surface area contributed by atoms with Gasteiger partial charge in [-0.2, -0.15) is 0 Å². The van der Waals surface area contributed by atoms with Crippen LogP contribution in [0.15, 0.2) is 48.7 Å². The topological polar surface area (TPSA) is 156 Å². The van der Waals surface area contributed by atoms with Crippen molar-refractivity contribution < 1.29 is 23.9 Å². The number of aromatic nitrogens is 1. The molecule has 1 heterocycles. The first-order chi connectivity index (χ1) is 22.3. The van der Waals surface area contributed by atoms with Gasteiger partial charge in [0.1, 0.15) is 11.6 Å². The number of primary amides is 1. The van der Waals surface area contributed by atoms with Crippen LogP contribution in [0.25, 0.3) is 0 Å². The third-order valence-corrected chi connectivity index (χ3v) is 7.49. The molecule has 1 unspecified atom stereocenters. The van der Waals surface area contributed by atoms with Gasteiger partial charge in [-0.3, -0.25) is 24.1 Å². The number of likely N-dealkylation sites (N-methyl/N-ethyl adjacent to an activating group) is 1. The summed E-state index contributed by atoms with van der Waals surface area (Å²) in [6.45, 7) is 5.50. The third kappa shape index (κ3) is 16.2. The molecular weight excluding hydrogens is 584 g/mol. The van der Waals surface area contributed by atoms with Gasteiger partial charge in [0.15, 0.2) is 6.17 Å². The largest absolute Gasteiger partial charge is 0.494 e. The summed E-state index contributed by atoms with van der Waals surface area (Å²) < 4.78 is 5.80. The van der Waals surface area contributed by atoms with Gasteiger partial charge in [-0.15, -0.1) is 0 Å². The molecule has 0 saturated heterocycles. The predicted octanol–water partition coefficient (Wildman–Crippen LogP) is 5.45. The lowest BCUT2D eigenvalue weighted by molar-refractivity contribution is -0.128. The molecule has 1 atom stereocenters. The minimum atomic E-state index is -1.12.